The standard InChI is InChI=1S/C15H17ClN4O3S.ClH/c1-19(2)24(22,23)12-5-3-4-10(6-12)8-20-9-11(16)7-13(14(20)17)15(18)21;/h3-7,9,17H,8H2,1-2H3,(H2,18,21);1H. The Morgan fingerprint density at radius 1 is 1.32 bits per heavy atom. The molecule has 0 unspecified atom stereocenters. The van der Waals surface area contributed by atoms with Crippen molar-refractivity contribution in [3.63, 3.8) is 0 Å². The summed E-state index contributed by atoms with van der Waals surface area (Å²) in [7, 11) is -0.648. The molecule has 1 amide bonds. The molecule has 0 aliphatic heterocycles. The molecule has 0 saturated heterocycles. The molecule has 136 valence electrons. The van der Waals surface area contributed by atoms with Gasteiger partial charge in [-0.2, -0.15) is 0 Å². The summed E-state index contributed by atoms with van der Waals surface area (Å²) >= 11 is 5.96. The van der Waals surface area contributed by atoms with Gasteiger partial charge >= 0.3 is 0 Å². The Kier molecular flexibility index (Phi) is 6.78. The second kappa shape index (κ2) is 8.01. The molecule has 2 rings (SSSR count). The van der Waals surface area contributed by atoms with Crippen LogP contribution in [0.5, 0.6) is 0 Å². The van der Waals surface area contributed by atoms with Crippen LogP contribution in [-0.2, 0) is 16.6 Å². The van der Waals surface area contributed by atoms with Gasteiger partial charge < -0.3 is 10.3 Å². The van der Waals surface area contributed by atoms with Gasteiger partial charge in [-0.1, -0.05) is 23.7 Å². The van der Waals surface area contributed by atoms with Crippen molar-refractivity contribution in [1.29, 1.82) is 5.41 Å². The second-order valence-corrected chi connectivity index (χ2v) is 7.94. The summed E-state index contributed by atoms with van der Waals surface area (Å²) in [4.78, 5) is 11.5. The number of carbonyl (C=O) groups is 1. The summed E-state index contributed by atoms with van der Waals surface area (Å²) in [5.74, 6) is -0.750. The lowest BCUT2D eigenvalue weighted by Gasteiger charge is -2.14. The molecule has 1 heterocycles. The number of rotatable bonds is 5. The van der Waals surface area contributed by atoms with E-state index < -0.39 is 15.9 Å². The van der Waals surface area contributed by atoms with E-state index in [4.69, 9.17) is 22.7 Å². The summed E-state index contributed by atoms with van der Waals surface area (Å²) in [6.07, 6.45) is 1.49. The van der Waals surface area contributed by atoms with Crippen LogP contribution in [0.3, 0.4) is 0 Å². The van der Waals surface area contributed by atoms with E-state index in [0.29, 0.717) is 5.56 Å². The number of nitrogens with two attached hydrogens (primary N) is 1. The Bertz CT molecular complexity index is 955. The average Bonchev–Trinajstić information content (AvgIpc) is 2.50. The molecule has 25 heavy (non-hydrogen) atoms. The molecule has 0 saturated carbocycles. The van der Waals surface area contributed by atoms with Gasteiger partial charge in [-0.3, -0.25) is 10.2 Å². The number of pyridine rings is 1. The fraction of sp³-hybridized carbons (Fsp3) is 0.200. The summed E-state index contributed by atoms with van der Waals surface area (Å²) in [5, 5.41) is 8.31. The number of carbonyl (C=O) groups excluding carboxylic acids is 1. The molecule has 1 aromatic carbocycles. The number of hydrogen-bond acceptors (Lipinski definition) is 4. The SMILES string of the molecule is CN(C)S(=O)(=O)c1cccc(Cn2cc(Cl)cc(C(N)=O)c2=N)c1.Cl. The van der Waals surface area contributed by atoms with Crippen molar-refractivity contribution in [3.05, 3.63) is 58.2 Å². The van der Waals surface area contributed by atoms with Gasteiger partial charge in [0.25, 0.3) is 5.91 Å². The quantitative estimate of drug-likeness (QED) is 0.786. The topological polar surface area (TPSA) is 109 Å². The van der Waals surface area contributed by atoms with Crippen molar-refractivity contribution in [2.24, 2.45) is 5.73 Å². The van der Waals surface area contributed by atoms with Gasteiger partial charge in [-0.25, -0.2) is 12.7 Å². The number of primary amides is 1. The number of halogens is 2. The average molecular weight is 405 g/mol. The van der Waals surface area contributed by atoms with Gasteiger partial charge in [0.2, 0.25) is 10.0 Å². The predicted octanol–water partition coefficient (Wildman–Crippen LogP) is 1.44. The molecule has 7 nitrogen and oxygen atoms in total. The molecule has 0 bridgehead atoms. The van der Waals surface area contributed by atoms with Crippen LogP contribution in [0.4, 0.5) is 0 Å². The van der Waals surface area contributed by atoms with Gasteiger partial charge in [0, 0.05) is 26.8 Å². The summed E-state index contributed by atoms with van der Waals surface area (Å²) in [6, 6.07) is 7.70. The summed E-state index contributed by atoms with van der Waals surface area (Å²) in [6.45, 7) is 0.177. The van der Waals surface area contributed by atoms with Crippen molar-refractivity contribution in [2.45, 2.75) is 11.4 Å². The van der Waals surface area contributed by atoms with Crippen LogP contribution in [0.25, 0.3) is 0 Å². The largest absolute Gasteiger partial charge is 0.365 e. The Balaban J connectivity index is 0.00000312. The van der Waals surface area contributed by atoms with Crippen LogP contribution in [0.1, 0.15) is 15.9 Å². The highest BCUT2D eigenvalue weighted by atomic mass is 35.5. The normalized spacial score (nSPS) is 11.2. The molecule has 1 aromatic heterocycles. The predicted molar refractivity (Wildman–Crippen MR) is 97.5 cm³/mol. The highest BCUT2D eigenvalue weighted by molar-refractivity contribution is 7.89. The van der Waals surface area contributed by atoms with Gasteiger partial charge in [-0.05, 0) is 23.8 Å². The highest BCUT2D eigenvalue weighted by Gasteiger charge is 2.17. The van der Waals surface area contributed by atoms with E-state index >= 15 is 0 Å². The zero-order chi connectivity index (χ0) is 18.1. The van der Waals surface area contributed by atoms with E-state index in [0.717, 1.165) is 4.31 Å². The van der Waals surface area contributed by atoms with Gasteiger partial charge in [-0.15, -0.1) is 12.4 Å². The maximum Gasteiger partial charge on any atom is 0.252 e. The number of nitrogens with zero attached hydrogens (tertiary/aromatic N) is 2. The third-order valence-corrected chi connectivity index (χ3v) is 5.42. The van der Waals surface area contributed by atoms with E-state index in [1.165, 1.54) is 43.1 Å². The number of amides is 1. The molecule has 0 spiro atoms. The van der Waals surface area contributed by atoms with Crippen molar-refractivity contribution < 1.29 is 13.2 Å². The van der Waals surface area contributed by atoms with Crippen molar-refractivity contribution in [3.8, 4) is 0 Å². The Morgan fingerprint density at radius 2 is 1.96 bits per heavy atom. The molecule has 0 aliphatic rings. The number of aromatic nitrogens is 1. The first-order chi connectivity index (χ1) is 11.1. The zero-order valence-corrected chi connectivity index (χ0v) is 16.0. The molecule has 3 N–H and O–H groups in total. The Morgan fingerprint density at radius 3 is 2.52 bits per heavy atom. The first kappa shape index (κ1) is 21.2. The summed E-state index contributed by atoms with van der Waals surface area (Å²) in [5.41, 5.74) is 5.80. The lowest BCUT2D eigenvalue weighted by Crippen LogP contribution is -2.29. The molecule has 2 aromatic rings. The van der Waals surface area contributed by atoms with E-state index in [2.05, 4.69) is 0 Å². The molecule has 0 atom stereocenters. The number of nitrogens with one attached hydrogen (secondary N) is 1. The minimum atomic E-state index is -3.55. The highest BCUT2D eigenvalue weighted by Crippen LogP contribution is 2.16. The van der Waals surface area contributed by atoms with Gasteiger partial charge in [0.05, 0.1) is 15.5 Å². The van der Waals surface area contributed by atoms with Crippen LogP contribution in [0.15, 0.2) is 41.4 Å². The number of sulfonamides is 1. The van der Waals surface area contributed by atoms with Crippen molar-refractivity contribution >= 4 is 39.9 Å². The van der Waals surface area contributed by atoms with Crippen LogP contribution in [0, 0.1) is 5.41 Å². The van der Waals surface area contributed by atoms with Gasteiger partial charge in [0.15, 0.2) is 0 Å². The Hall–Kier alpha value is -1.87. The fourth-order valence-electron chi connectivity index (χ4n) is 2.14. The Labute approximate surface area is 157 Å². The maximum atomic E-state index is 12.2. The minimum absolute atomic E-state index is 0. The molecule has 10 heteroatoms. The monoisotopic (exact) mass is 404 g/mol. The number of hydrogen-bond donors (Lipinski definition) is 2. The van der Waals surface area contributed by atoms with E-state index in [1.54, 1.807) is 12.1 Å². The molecule has 0 fully saturated rings. The molecule has 0 radical (unpaired) electrons. The third kappa shape index (κ3) is 4.60. The van der Waals surface area contributed by atoms with E-state index in [9.17, 15) is 13.2 Å². The third-order valence-electron chi connectivity index (χ3n) is 3.40. The number of benzene rings is 1. The smallest absolute Gasteiger partial charge is 0.252 e. The van der Waals surface area contributed by atoms with E-state index in [-0.39, 0.29) is 39.9 Å². The lowest BCUT2D eigenvalue weighted by molar-refractivity contribution is 0.0997. The minimum Gasteiger partial charge on any atom is -0.365 e. The fourth-order valence-corrected chi connectivity index (χ4v) is 3.34. The first-order valence-corrected chi connectivity index (χ1v) is 8.70. The second-order valence-electron chi connectivity index (χ2n) is 5.35. The van der Waals surface area contributed by atoms with Crippen molar-refractivity contribution in [1.82, 2.24) is 8.87 Å². The van der Waals surface area contributed by atoms with Gasteiger partial charge in [0.1, 0.15) is 5.49 Å². The summed E-state index contributed by atoms with van der Waals surface area (Å²) < 4.78 is 27.0. The van der Waals surface area contributed by atoms with Crippen molar-refractivity contribution in [2.75, 3.05) is 14.1 Å². The van der Waals surface area contributed by atoms with Crippen LogP contribution >= 0.6 is 24.0 Å². The van der Waals surface area contributed by atoms with Crippen LogP contribution in [-0.4, -0.2) is 37.3 Å². The maximum absolute atomic E-state index is 12.2. The molecular formula is C15H18Cl2N4O3S. The lowest BCUT2D eigenvalue weighted by atomic mass is 10.2. The van der Waals surface area contributed by atoms with E-state index in [1.807, 2.05) is 0 Å². The first-order valence-electron chi connectivity index (χ1n) is 6.89. The molecule has 0 aliphatic carbocycles. The zero-order valence-electron chi connectivity index (χ0n) is 13.6. The van der Waals surface area contributed by atoms with Crippen LogP contribution in [0.2, 0.25) is 5.02 Å². The van der Waals surface area contributed by atoms with Crippen LogP contribution < -0.4 is 11.2 Å². The molecular weight excluding hydrogens is 387 g/mol.